The van der Waals surface area contributed by atoms with E-state index in [4.69, 9.17) is 4.74 Å². The van der Waals surface area contributed by atoms with Gasteiger partial charge in [-0.25, -0.2) is 4.98 Å². The van der Waals surface area contributed by atoms with Crippen LogP contribution in [0.2, 0.25) is 0 Å². The molecule has 132 valence electrons. The second-order valence-corrected chi connectivity index (χ2v) is 6.64. The molecule has 1 aromatic heterocycles. The molecule has 1 aliphatic heterocycles. The minimum Gasteiger partial charge on any atom is -0.508 e. The van der Waals surface area contributed by atoms with Crippen molar-refractivity contribution in [1.29, 1.82) is 0 Å². The minimum atomic E-state index is 0.329. The average Bonchev–Trinajstić information content (AvgIpc) is 2.69. The molecule has 0 unspecified atom stereocenters. The van der Waals surface area contributed by atoms with Crippen LogP contribution in [-0.4, -0.2) is 28.6 Å². The highest BCUT2D eigenvalue weighted by Crippen LogP contribution is 2.28. The Kier molecular flexibility index (Phi) is 4.59. The van der Waals surface area contributed by atoms with E-state index in [-0.39, 0.29) is 0 Å². The van der Waals surface area contributed by atoms with Crippen LogP contribution in [0.5, 0.6) is 11.6 Å². The standard InChI is InChI=1S/C22H22N2O2/c1-26-22-8-4-7-20(23-22)17-9-10-21(25)19(13-17)15-24-12-11-16-5-2-3-6-18(16)14-24/h2-10,13,25H,11-12,14-15H2,1H3. The van der Waals surface area contributed by atoms with Crippen LogP contribution in [0.3, 0.4) is 0 Å². The zero-order valence-corrected chi connectivity index (χ0v) is 14.9. The quantitative estimate of drug-likeness (QED) is 0.775. The number of hydrogen-bond acceptors (Lipinski definition) is 4. The molecule has 0 saturated heterocycles. The van der Waals surface area contributed by atoms with Crippen molar-refractivity contribution in [2.45, 2.75) is 19.5 Å². The van der Waals surface area contributed by atoms with Crippen molar-refractivity contribution < 1.29 is 9.84 Å². The second-order valence-electron chi connectivity index (χ2n) is 6.64. The molecule has 4 rings (SSSR count). The predicted octanol–water partition coefficient (Wildman–Crippen LogP) is 4.02. The van der Waals surface area contributed by atoms with Crippen LogP contribution in [-0.2, 0) is 19.5 Å². The van der Waals surface area contributed by atoms with E-state index < -0.39 is 0 Å². The summed E-state index contributed by atoms with van der Waals surface area (Å²) < 4.78 is 5.22. The normalized spacial score (nSPS) is 14.0. The Morgan fingerprint density at radius 1 is 1.04 bits per heavy atom. The molecule has 4 nitrogen and oxygen atoms in total. The molecule has 0 fully saturated rings. The van der Waals surface area contributed by atoms with Gasteiger partial charge in [-0.2, -0.15) is 0 Å². The summed E-state index contributed by atoms with van der Waals surface area (Å²) >= 11 is 0. The number of phenolic OH excluding ortho intramolecular Hbond substituents is 1. The number of ether oxygens (including phenoxy) is 1. The fourth-order valence-corrected chi connectivity index (χ4v) is 3.49. The smallest absolute Gasteiger partial charge is 0.213 e. The first-order valence-corrected chi connectivity index (χ1v) is 8.85. The summed E-state index contributed by atoms with van der Waals surface area (Å²) in [7, 11) is 1.61. The minimum absolute atomic E-state index is 0.329. The summed E-state index contributed by atoms with van der Waals surface area (Å²) in [6.07, 6.45) is 1.05. The Morgan fingerprint density at radius 2 is 1.88 bits per heavy atom. The van der Waals surface area contributed by atoms with Crippen molar-refractivity contribution in [3.63, 3.8) is 0 Å². The molecule has 1 N–H and O–H groups in total. The third-order valence-electron chi connectivity index (χ3n) is 4.91. The molecule has 3 aromatic rings. The highest BCUT2D eigenvalue weighted by molar-refractivity contribution is 5.62. The van der Waals surface area contributed by atoms with Crippen LogP contribution < -0.4 is 4.74 Å². The molecule has 0 atom stereocenters. The zero-order chi connectivity index (χ0) is 17.9. The molecule has 0 radical (unpaired) electrons. The first-order chi connectivity index (χ1) is 12.7. The number of rotatable bonds is 4. The summed E-state index contributed by atoms with van der Waals surface area (Å²) in [5.41, 5.74) is 5.56. The summed E-state index contributed by atoms with van der Waals surface area (Å²) in [6, 6.07) is 20.0. The molecule has 0 amide bonds. The highest BCUT2D eigenvalue weighted by atomic mass is 16.5. The van der Waals surface area contributed by atoms with E-state index >= 15 is 0 Å². The lowest BCUT2D eigenvalue weighted by molar-refractivity contribution is 0.242. The number of aromatic hydroxyl groups is 1. The Balaban J connectivity index is 1.57. The molecule has 0 spiro atoms. The second kappa shape index (κ2) is 7.18. The number of fused-ring (bicyclic) bond motifs is 1. The third-order valence-corrected chi connectivity index (χ3v) is 4.91. The third kappa shape index (κ3) is 3.41. The van der Waals surface area contributed by atoms with Crippen molar-refractivity contribution in [2.24, 2.45) is 0 Å². The molecule has 1 aliphatic rings. The van der Waals surface area contributed by atoms with Crippen LogP contribution in [0.4, 0.5) is 0 Å². The molecule has 2 aromatic carbocycles. The van der Waals surface area contributed by atoms with Gasteiger partial charge in [0.25, 0.3) is 0 Å². The molecule has 4 heteroatoms. The number of pyridine rings is 1. The highest BCUT2D eigenvalue weighted by Gasteiger charge is 2.17. The van der Waals surface area contributed by atoms with Crippen molar-refractivity contribution in [3.05, 3.63) is 77.4 Å². The number of hydrogen-bond donors (Lipinski definition) is 1. The monoisotopic (exact) mass is 346 g/mol. The van der Waals surface area contributed by atoms with Gasteiger partial charge in [-0.3, -0.25) is 4.90 Å². The summed E-state index contributed by atoms with van der Waals surface area (Å²) in [6.45, 7) is 2.63. The van der Waals surface area contributed by atoms with Gasteiger partial charge in [0.2, 0.25) is 5.88 Å². The van der Waals surface area contributed by atoms with Gasteiger partial charge in [-0.1, -0.05) is 30.3 Å². The number of benzene rings is 2. The van der Waals surface area contributed by atoms with E-state index in [1.54, 1.807) is 13.2 Å². The lowest BCUT2D eigenvalue weighted by atomic mass is 9.99. The Labute approximate surface area is 153 Å². The summed E-state index contributed by atoms with van der Waals surface area (Å²) in [5.74, 6) is 0.917. The fraction of sp³-hybridized carbons (Fsp3) is 0.227. The van der Waals surface area contributed by atoms with Gasteiger partial charge >= 0.3 is 0 Å². The Hall–Kier alpha value is -2.85. The lowest BCUT2D eigenvalue weighted by Crippen LogP contribution is -2.30. The largest absolute Gasteiger partial charge is 0.508 e. The summed E-state index contributed by atoms with van der Waals surface area (Å²) in [4.78, 5) is 6.87. The van der Waals surface area contributed by atoms with E-state index in [0.717, 1.165) is 42.9 Å². The molecular weight excluding hydrogens is 324 g/mol. The van der Waals surface area contributed by atoms with Crippen LogP contribution in [0, 0.1) is 0 Å². The van der Waals surface area contributed by atoms with Crippen LogP contribution in [0.1, 0.15) is 16.7 Å². The van der Waals surface area contributed by atoms with E-state index in [0.29, 0.717) is 11.6 Å². The van der Waals surface area contributed by atoms with E-state index in [1.807, 2.05) is 30.3 Å². The lowest BCUT2D eigenvalue weighted by Gasteiger charge is -2.29. The molecular formula is C22H22N2O2. The SMILES string of the molecule is COc1cccc(-c2ccc(O)c(CN3CCc4ccccc4C3)c2)n1. The van der Waals surface area contributed by atoms with Crippen LogP contribution in [0.25, 0.3) is 11.3 Å². The average molecular weight is 346 g/mol. The Bertz CT molecular complexity index is 924. The van der Waals surface area contributed by atoms with Crippen LogP contribution >= 0.6 is 0 Å². The molecule has 0 bridgehead atoms. The number of phenols is 1. The first kappa shape index (κ1) is 16.6. The number of nitrogens with zero attached hydrogens (tertiary/aromatic N) is 2. The maximum atomic E-state index is 10.3. The zero-order valence-electron chi connectivity index (χ0n) is 14.9. The molecule has 0 aliphatic carbocycles. The van der Waals surface area contributed by atoms with Gasteiger partial charge < -0.3 is 9.84 Å². The predicted molar refractivity (Wildman–Crippen MR) is 102 cm³/mol. The van der Waals surface area contributed by atoms with Crippen molar-refractivity contribution in [3.8, 4) is 22.9 Å². The van der Waals surface area contributed by atoms with Gasteiger partial charge in [-0.05, 0) is 41.8 Å². The first-order valence-electron chi connectivity index (χ1n) is 8.85. The Morgan fingerprint density at radius 3 is 2.73 bits per heavy atom. The van der Waals surface area contributed by atoms with E-state index in [9.17, 15) is 5.11 Å². The number of aromatic nitrogens is 1. The van der Waals surface area contributed by atoms with E-state index in [2.05, 4.69) is 34.1 Å². The maximum Gasteiger partial charge on any atom is 0.213 e. The van der Waals surface area contributed by atoms with E-state index in [1.165, 1.54) is 11.1 Å². The maximum absolute atomic E-state index is 10.3. The fourth-order valence-electron chi connectivity index (χ4n) is 3.49. The molecule has 2 heterocycles. The molecule has 26 heavy (non-hydrogen) atoms. The topological polar surface area (TPSA) is 45.6 Å². The van der Waals surface area contributed by atoms with Crippen molar-refractivity contribution in [2.75, 3.05) is 13.7 Å². The van der Waals surface area contributed by atoms with Crippen LogP contribution in [0.15, 0.2) is 60.7 Å². The van der Waals surface area contributed by atoms with Gasteiger partial charge in [0.1, 0.15) is 5.75 Å². The van der Waals surface area contributed by atoms with Crippen molar-refractivity contribution in [1.82, 2.24) is 9.88 Å². The van der Waals surface area contributed by atoms with Gasteiger partial charge in [-0.15, -0.1) is 0 Å². The summed E-state index contributed by atoms with van der Waals surface area (Å²) in [5, 5.41) is 10.3. The van der Waals surface area contributed by atoms with Gasteiger partial charge in [0.15, 0.2) is 0 Å². The van der Waals surface area contributed by atoms with Gasteiger partial charge in [0.05, 0.1) is 12.8 Å². The van der Waals surface area contributed by atoms with Gasteiger partial charge in [0, 0.05) is 36.8 Å². The van der Waals surface area contributed by atoms with Crippen molar-refractivity contribution >= 4 is 0 Å². The number of methoxy groups -OCH3 is 1. The molecule has 0 saturated carbocycles.